The van der Waals surface area contributed by atoms with Crippen molar-refractivity contribution in [2.75, 3.05) is 0 Å². The van der Waals surface area contributed by atoms with Crippen molar-refractivity contribution in [3.63, 3.8) is 0 Å². The van der Waals surface area contributed by atoms with Gasteiger partial charge in [-0.05, 0) is 66.2 Å². The molecule has 0 radical (unpaired) electrons. The lowest BCUT2D eigenvalue weighted by molar-refractivity contribution is 0.104. The summed E-state index contributed by atoms with van der Waals surface area (Å²) < 4.78 is 6.75. The van der Waals surface area contributed by atoms with Crippen LogP contribution < -0.4 is 4.74 Å². The zero-order valence-corrected chi connectivity index (χ0v) is 17.4. The number of hydrogen-bond acceptors (Lipinski definition) is 4. The second-order valence-electron chi connectivity index (χ2n) is 6.22. The summed E-state index contributed by atoms with van der Waals surface area (Å²) in [5.41, 5.74) is 2.92. The number of hydrogen-bond donors (Lipinski definition) is 0. The fourth-order valence-corrected chi connectivity index (χ4v) is 3.10. The number of rotatable bonds is 5. The Labute approximate surface area is 181 Å². The molecule has 4 nitrogen and oxygen atoms in total. The molecule has 0 saturated heterocycles. The van der Waals surface area contributed by atoms with Gasteiger partial charge in [0.2, 0.25) is 5.88 Å². The van der Waals surface area contributed by atoms with Gasteiger partial charge in [-0.3, -0.25) is 4.79 Å². The lowest BCUT2D eigenvalue weighted by atomic mass is 10.1. The van der Waals surface area contributed by atoms with E-state index in [1.165, 1.54) is 0 Å². The minimum atomic E-state index is -0.0816. The van der Waals surface area contributed by atoms with E-state index in [2.05, 4.69) is 25.9 Å². The number of nitrogens with zero attached hydrogens (tertiary/aromatic N) is 2. The summed E-state index contributed by atoms with van der Waals surface area (Å²) in [6, 6.07) is 19.9. The van der Waals surface area contributed by atoms with Crippen LogP contribution in [0.4, 0.5) is 0 Å². The molecular formula is C23H14BrClN2O2. The maximum Gasteiger partial charge on any atom is 0.238 e. The predicted octanol–water partition coefficient (Wildman–Crippen LogP) is 6.73. The molecule has 1 heterocycles. The van der Waals surface area contributed by atoms with E-state index < -0.39 is 0 Å². The monoisotopic (exact) mass is 464 g/mol. The van der Waals surface area contributed by atoms with Crippen LogP contribution in [0.1, 0.15) is 15.9 Å². The molecule has 4 rings (SSSR count). The first kappa shape index (κ1) is 19.3. The minimum Gasteiger partial charge on any atom is -0.437 e. The Bertz CT molecular complexity index is 1210. The third kappa shape index (κ3) is 4.88. The highest BCUT2D eigenvalue weighted by Crippen LogP contribution is 2.23. The standard InChI is InChI=1S/C23H14BrClN2O2/c24-17-6-1-15(2-7-17)3-12-22(28)16-4-9-19(10-5-16)29-23-14-26-21-13-18(25)8-11-20(21)27-23/h1-14H/b12-3+. The second-order valence-corrected chi connectivity index (χ2v) is 7.57. The number of halogens is 2. The van der Waals surface area contributed by atoms with Gasteiger partial charge in [-0.2, -0.15) is 0 Å². The minimum absolute atomic E-state index is 0.0816. The molecule has 0 aliphatic heterocycles. The first-order valence-electron chi connectivity index (χ1n) is 8.75. The summed E-state index contributed by atoms with van der Waals surface area (Å²) in [5, 5.41) is 0.606. The Morgan fingerprint density at radius 3 is 2.48 bits per heavy atom. The Morgan fingerprint density at radius 1 is 0.966 bits per heavy atom. The van der Waals surface area contributed by atoms with Crippen LogP contribution in [0.5, 0.6) is 11.6 Å². The van der Waals surface area contributed by atoms with Gasteiger partial charge in [-0.25, -0.2) is 9.97 Å². The molecule has 0 aliphatic carbocycles. The molecule has 0 unspecified atom stereocenters. The van der Waals surface area contributed by atoms with Gasteiger partial charge < -0.3 is 4.74 Å². The predicted molar refractivity (Wildman–Crippen MR) is 119 cm³/mol. The summed E-state index contributed by atoms with van der Waals surface area (Å²) in [7, 11) is 0. The summed E-state index contributed by atoms with van der Waals surface area (Å²) in [6.07, 6.45) is 4.88. The molecule has 6 heteroatoms. The molecule has 0 aliphatic rings. The molecule has 0 amide bonds. The van der Waals surface area contributed by atoms with Gasteiger partial charge in [0.1, 0.15) is 5.75 Å². The highest BCUT2D eigenvalue weighted by Gasteiger charge is 2.06. The third-order valence-corrected chi connectivity index (χ3v) is 4.90. The number of ether oxygens (including phenoxy) is 1. The third-order valence-electron chi connectivity index (χ3n) is 4.14. The first-order chi connectivity index (χ1) is 14.1. The van der Waals surface area contributed by atoms with E-state index in [0.29, 0.717) is 33.2 Å². The molecular weight excluding hydrogens is 452 g/mol. The van der Waals surface area contributed by atoms with E-state index in [-0.39, 0.29) is 5.78 Å². The fraction of sp³-hybridized carbons (Fsp3) is 0. The van der Waals surface area contributed by atoms with Gasteiger partial charge in [0.05, 0.1) is 17.2 Å². The number of carbonyl (C=O) groups excluding carboxylic acids is 1. The van der Waals surface area contributed by atoms with Crippen LogP contribution in [0.3, 0.4) is 0 Å². The lowest BCUT2D eigenvalue weighted by Crippen LogP contribution is -1.95. The molecule has 1 aromatic heterocycles. The Balaban J connectivity index is 1.45. The van der Waals surface area contributed by atoms with E-state index in [1.54, 1.807) is 60.8 Å². The SMILES string of the molecule is O=C(/C=C/c1ccc(Br)cc1)c1ccc(Oc2cnc3cc(Cl)ccc3n2)cc1. The summed E-state index contributed by atoms with van der Waals surface area (Å²) in [5.74, 6) is 0.858. The zero-order valence-electron chi connectivity index (χ0n) is 15.0. The zero-order chi connectivity index (χ0) is 20.2. The number of benzene rings is 3. The normalized spacial score (nSPS) is 11.1. The van der Waals surface area contributed by atoms with Crippen LogP contribution in [0.15, 0.2) is 83.5 Å². The molecule has 0 atom stereocenters. The van der Waals surface area contributed by atoms with Crippen molar-refractivity contribution < 1.29 is 9.53 Å². The summed E-state index contributed by atoms with van der Waals surface area (Å²) in [4.78, 5) is 21.1. The summed E-state index contributed by atoms with van der Waals surface area (Å²) in [6.45, 7) is 0. The highest BCUT2D eigenvalue weighted by molar-refractivity contribution is 9.10. The van der Waals surface area contributed by atoms with Crippen molar-refractivity contribution in [2.24, 2.45) is 0 Å². The lowest BCUT2D eigenvalue weighted by Gasteiger charge is -2.06. The molecule has 0 spiro atoms. The second kappa shape index (κ2) is 8.55. The van der Waals surface area contributed by atoms with Gasteiger partial charge >= 0.3 is 0 Å². The smallest absolute Gasteiger partial charge is 0.238 e. The molecule has 29 heavy (non-hydrogen) atoms. The van der Waals surface area contributed by atoms with Gasteiger partial charge in [0.25, 0.3) is 0 Å². The van der Waals surface area contributed by atoms with E-state index in [0.717, 1.165) is 10.0 Å². The van der Waals surface area contributed by atoms with Crippen LogP contribution in [-0.4, -0.2) is 15.8 Å². The molecule has 0 fully saturated rings. The Kier molecular flexibility index (Phi) is 5.69. The molecule has 0 saturated carbocycles. The van der Waals surface area contributed by atoms with Crippen molar-refractivity contribution in [2.45, 2.75) is 0 Å². The van der Waals surface area contributed by atoms with Gasteiger partial charge in [0, 0.05) is 15.1 Å². The van der Waals surface area contributed by atoms with Crippen molar-refractivity contribution >= 4 is 50.4 Å². The average Bonchev–Trinajstić information content (AvgIpc) is 2.74. The number of carbonyl (C=O) groups is 1. The molecule has 142 valence electrons. The maximum absolute atomic E-state index is 12.4. The van der Waals surface area contributed by atoms with Crippen LogP contribution in [0, 0.1) is 0 Å². The average molecular weight is 466 g/mol. The van der Waals surface area contributed by atoms with E-state index in [1.807, 2.05) is 24.3 Å². The van der Waals surface area contributed by atoms with Crippen molar-refractivity contribution in [1.82, 2.24) is 9.97 Å². The van der Waals surface area contributed by atoms with Crippen molar-refractivity contribution in [3.8, 4) is 11.6 Å². The van der Waals surface area contributed by atoms with Crippen LogP contribution in [-0.2, 0) is 0 Å². The van der Waals surface area contributed by atoms with Crippen molar-refractivity contribution in [3.05, 3.63) is 99.6 Å². The van der Waals surface area contributed by atoms with E-state index in [9.17, 15) is 4.79 Å². The number of aromatic nitrogens is 2. The topological polar surface area (TPSA) is 52.1 Å². The van der Waals surface area contributed by atoms with Crippen LogP contribution in [0.2, 0.25) is 5.02 Å². The number of allylic oxidation sites excluding steroid dienone is 1. The van der Waals surface area contributed by atoms with Gasteiger partial charge in [-0.1, -0.05) is 45.7 Å². The van der Waals surface area contributed by atoms with E-state index >= 15 is 0 Å². The van der Waals surface area contributed by atoms with E-state index in [4.69, 9.17) is 16.3 Å². The molecule has 3 aromatic carbocycles. The largest absolute Gasteiger partial charge is 0.437 e. The highest BCUT2D eigenvalue weighted by atomic mass is 79.9. The Morgan fingerprint density at radius 2 is 1.72 bits per heavy atom. The number of ketones is 1. The number of fused-ring (bicyclic) bond motifs is 1. The van der Waals surface area contributed by atoms with Gasteiger partial charge in [0.15, 0.2) is 5.78 Å². The van der Waals surface area contributed by atoms with Crippen LogP contribution >= 0.6 is 27.5 Å². The molecule has 0 N–H and O–H groups in total. The quantitative estimate of drug-likeness (QED) is 0.242. The Hall–Kier alpha value is -3.02. The fourth-order valence-electron chi connectivity index (χ4n) is 2.67. The molecule has 4 aromatic rings. The van der Waals surface area contributed by atoms with Crippen LogP contribution in [0.25, 0.3) is 17.1 Å². The maximum atomic E-state index is 12.4. The van der Waals surface area contributed by atoms with Crippen molar-refractivity contribution in [1.29, 1.82) is 0 Å². The van der Waals surface area contributed by atoms with Gasteiger partial charge in [-0.15, -0.1) is 0 Å². The first-order valence-corrected chi connectivity index (χ1v) is 9.92. The molecule has 0 bridgehead atoms. The summed E-state index contributed by atoms with van der Waals surface area (Å²) >= 11 is 9.35.